The summed E-state index contributed by atoms with van der Waals surface area (Å²) in [5.74, 6) is 0. The highest BCUT2D eigenvalue weighted by Gasteiger charge is 1.90. The zero-order valence-electron chi connectivity index (χ0n) is 8.90. The minimum Gasteiger partial charge on any atom is -0.344 e. The lowest BCUT2D eigenvalue weighted by Crippen LogP contribution is -2.13. The van der Waals surface area contributed by atoms with E-state index in [9.17, 15) is 0 Å². The summed E-state index contributed by atoms with van der Waals surface area (Å²) in [5.41, 5.74) is 0. The van der Waals surface area contributed by atoms with Gasteiger partial charge in [-0.2, -0.15) is 0 Å². The van der Waals surface area contributed by atoms with Gasteiger partial charge in [-0.05, 0) is 47.1 Å². The van der Waals surface area contributed by atoms with E-state index in [1.54, 1.807) is 0 Å². The van der Waals surface area contributed by atoms with Crippen molar-refractivity contribution in [3.63, 3.8) is 0 Å². The first-order valence-corrected chi connectivity index (χ1v) is 4.56. The van der Waals surface area contributed by atoms with Crippen molar-refractivity contribution in [1.82, 2.24) is 16.4 Å². The van der Waals surface area contributed by atoms with Crippen molar-refractivity contribution in [1.29, 1.82) is 0 Å². The second kappa shape index (κ2) is 10.9. The Kier molecular flexibility index (Phi) is 13.1. The van der Waals surface area contributed by atoms with Gasteiger partial charge < -0.3 is 16.4 Å². The Labute approximate surface area is 77.1 Å². The molecular formula is C9H25N3. The van der Waals surface area contributed by atoms with Crippen LogP contribution < -0.4 is 11.5 Å². The van der Waals surface area contributed by atoms with Gasteiger partial charge in [0.2, 0.25) is 0 Å². The Balaban J connectivity index is 0. The maximum atomic E-state index is 3.16. The fourth-order valence-electron chi connectivity index (χ4n) is 1.08. The fraction of sp³-hybridized carbons (Fsp3) is 1.00. The van der Waals surface area contributed by atoms with Gasteiger partial charge in [0.25, 0.3) is 0 Å². The van der Waals surface area contributed by atoms with Crippen LogP contribution >= 0.6 is 0 Å². The van der Waals surface area contributed by atoms with Gasteiger partial charge in [-0.1, -0.05) is 12.8 Å². The third kappa shape index (κ3) is 12.5. The molecule has 0 rings (SSSR count). The van der Waals surface area contributed by atoms with Crippen LogP contribution in [0.3, 0.4) is 0 Å². The molecule has 0 aliphatic heterocycles. The van der Waals surface area contributed by atoms with Gasteiger partial charge in [-0.3, -0.25) is 0 Å². The predicted octanol–water partition coefficient (Wildman–Crippen LogP) is 1.49. The minimum atomic E-state index is 0. The average Bonchev–Trinajstić information content (AvgIpc) is 1.96. The molecule has 0 aromatic heterocycles. The van der Waals surface area contributed by atoms with Gasteiger partial charge >= 0.3 is 0 Å². The van der Waals surface area contributed by atoms with E-state index in [1.165, 1.54) is 38.8 Å². The van der Waals surface area contributed by atoms with Crippen LogP contribution in [0.2, 0.25) is 0 Å². The summed E-state index contributed by atoms with van der Waals surface area (Å²) in [6.07, 6.45) is 5.41. The van der Waals surface area contributed by atoms with E-state index in [4.69, 9.17) is 0 Å². The number of hydrogen-bond acceptors (Lipinski definition) is 3. The molecule has 3 heteroatoms. The van der Waals surface area contributed by atoms with Gasteiger partial charge in [0, 0.05) is 0 Å². The third-order valence-corrected chi connectivity index (χ3v) is 1.78. The molecule has 76 valence electrons. The van der Waals surface area contributed by atoms with Crippen LogP contribution in [-0.4, -0.2) is 39.1 Å². The fourth-order valence-corrected chi connectivity index (χ4v) is 1.08. The Morgan fingerprint density at radius 2 is 1.58 bits per heavy atom. The second-order valence-electron chi connectivity index (χ2n) is 3.32. The largest absolute Gasteiger partial charge is 0.344 e. The molecule has 0 aliphatic rings. The van der Waals surface area contributed by atoms with Gasteiger partial charge in [-0.15, -0.1) is 0 Å². The molecule has 4 N–H and O–H groups in total. The van der Waals surface area contributed by atoms with E-state index in [2.05, 4.69) is 24.3 Å². The molecule has 0 fully saturated rings. The van der Waals surface area contributed by atoms with Gasteiger partial charge in [0.1, 0.15) is 0 Å². The molecule has 0 aliphatic carbocycles. The van der Waals surface area contributed by atoms with E-state index in [0.29, 0.717) is 0 Å². The van der Waals surface area contributed by atoms with Crippen LogP contribution in [0, 0.1) is 0 Å². The number of unbranched alkanes of at least 4 members (excludes halogenated alkanes) is 3. The Bertz CT molecular complexity index is 74.2. The molecule has 0 aromatic rings. The molecule has 0 heterocycles. The highest BCUT2D eigenvalue weighted by Crippen LogP contribution is 1.98. The Hall–Kier alpha value is -0.120. The molecule has 0 saturated heterocycles. The third-order valence-electron chi connectivity index (χ3n) is 1.78. The molecule has 0 aromatic carbocycles. The van der Waals surface area contributed by atoms with E-state index in [-0.39, 0.29) is 6.15 Å². The van der Waals surface area contributed by atoms with E-state index in [0.717, 1.165) is 0 Å². The number of nitrogens with zero attached hydrogens (tertiary/aromatic N) is 1. The predicted molar refractivity (Wildman–Crippen MR) is 56.0 cm³/mol. The quantitative estimate of drug-likeness (QED) is 0.576. The standard InChI is InChI=1S/C9H22N2.H3N/c1-10-8-6-4-5-7-9-11(2)3;/h10H,4-9H2,1-3H3;1H3. The van der Waals surface area contributed by atoms with Crippen LogP contribution in [0.1, 0.15) is 25.7 Å². The molecule has 0 amide bonds. The van der Waals surface area contributed by atoms with E-state index >= 15 is 0 Å². The first-order chi connectivity index (χ1) is 5.27. The summed E-state index contributed by atoms with van der Waals surface area (Å²) in [4.78, 5) is 2.25. The first-order valence-electron chi connectivity index (χ1n) is 4.56. The van der Waals surface area contributed by atoms with Crippen molar-refractivity contribution in [2.75, 3.05) is 34.2 Å². The highest BCUT2D eigenvalue weighted by molar-refractivity contribution is 4.47. The van der Waals surface area contributed by atoms with Crippen LogP contribution in [-0.2, 0) is 0 Å². The SMILES string of the molecule is CNCCCCCCN(C)C.N. The van der Waals surface area contributed by atoms with Crippen molar-refractivity contribution in [2.24, 2.45) is 0 Å². The summed E-state index contributed by atoms with van der Waals surface area (Å²) in [6.45, 7) is 2.40. The van der Waals surface area contributed by atoms with Crippen LogP contribution in [0.15, 0.2) is 0 Å². The Morgan fingerprint density at radius 1 is 1.00 bits per heavy atom. The summed E-state index contributed by atoms with van der Waals surface area (Å²) in [7, 11) is 6.28. The maximum absolute atomic E-state index is 3.16. The normalized spacial score (nSPS) is 10.0. The number of rotatable bonds is 7. The maximum Gasteiger partial charge on any atom is -0.00248 e. The summed E-state index contributed by atoms with van der Waals surface area (Å²) < 4.78 is 0. The molecule has 3 nitrogen and oxygen atoms in total. The van der Waals surface area contributed by atoms with Gasteiger partial charge in [0.05, 0.1) is 0 Å². The van der Waals surface area contributed by atoms with Crippen LogP contribution in [0.5, 0.6) is 0 Å². The monoisotopic (exact) mass is 175 g/mol. The molecule has 0 unspecified atom stereocenters. The van der Waals surface area contributed by atoms with Gasteiger partial charge in [-0.25, -0.2) is 0 Å². The molecular weight excluding hydrogens is 150 g/mol. The smallest absolute Gasteiger partial charge is 0.00248 e. The van der Waals surface area contributed by atoms with Crippen LogP contribution in [0.25, 0.3) is 0 Å². The van der Waals surface area contributed by atoms with Crippen molar-refractivity contribution in [3.8, 4) is 0 Å². The van der Waals surface area contributed by atoms with Crippen molar-refractivity contribution in [2.45, 2.75) is 25.7 Å². The number of hydrogen-bond donors (Lipinski definition) is 2. The summed E-state index contributed by atoms with van der Waals surface area (Å²) >= 11 is 0. The zero-order valence-corrected chi connectivity index (χ0v) is 8.90. The minimum absolute atomic E-state index is 0. The second-order valence-corrected chi connectivity index (χ2v) is 3.32. The zero-order chi connectivity index (χ0) is 8.53. The first kappa shape index (κ1) is 14.4. The molecule has 0 bridgehead atoms. The molecule has 0 atom stereocenters. The van der Waals surface area contributed by atoms with Crippen molar-refractivity contribution in [3.05, 3.63) is 0 Å². The van der Waals surface area contributed by atoms with E-state index < -0.39 is 0 Å². The lowest BCUT2D eigenvalue weighted by atomic mass is 10.2. The summed E-state index contributed by atoms with van der Waals surface area (Å²) in [5, 5.41) is 3.16. The lowest BCUT2D eigenvalue weighted by Gasteiger charge is -2.08. The highest BCUT2D eigenvalue weighted by atomic mass is 15.0. The summed E-state index contributed by atoms with van der Waals surface area (Å²) in [6, 6.07) is 0. The molecule has 0 radical (unpaired) electrons. The molecule has 0 saturated carbocycles. The topological polar surface area (TPSA) is 50.3 Å². The Morgan fingerprint density at radius 3 is 2.08 bits per heavy atom. The van der Waals surface area contributed by atoms with Crippen molar-refractivity contribution >= 4 is 0 Å². The lowest BCUT2D eigenvalue weighted by molar-refractivity contribution is 0.390. The van der Waals surface area contributed by atoms with Gasteiger partial charge in [0.15, 0.2) is 0 Å². The van der Waals surface area contributed by atoms with Crippen LogP contribution in [0.4, 0.5) is 0 Å². The molecule has 12 heavy (non-hydrogen) atoms. The number of nitrogens with one attached hydrogen (secondary N) is 1. The average molecular weight is 175 g/mol. The molecule has 0 spiro atoms. The van der Waals surface area contributed by atoms with Crippen molar-refractivity contribution < 1.29 is 0 Å². The van der Waals surface area contributed by atoms with E-state index in [1.807, 2.05) is 7.05 Å².